The van der Waals surface area contributed by atoms with Crippen molar-refractivity contribution in [2.75, 3.05) is 6.61 Å². The first kappa shape index (κ1) is 12.3. The molecule has 2 nitrogen and oxygen atoms in total. The number of thiophene rings is 1. The fourth-order valence-corrected chi connectivity index (χ4v) is 3.06. The molecule has 3 rings (SSSR count). The van der Waals surface area contributed by atoms with Crippen molar-refractivity contribution < 1.29 is 4.74 Å². The third-order valence-electron chi connectivity index (χ3n) is 3.25. The zero-order valence-electron chi connectivity index (χ0n) is 11.0. The van der Waals surface area contributed by atoms with Crippen molar-refractivity contribution >= 4 is 22.2 Å². The Labute approximate surface area is 117 Å². The minimum absolute atomic E-state index is 0.708. The molecule has 3 aromatic rings. The van der Waals surface area contributed by atoms with E-state index in [0.717, 1.165) is 18.7 Å². The van der Waals surface area contributed by atoms with Gasteiger partial charge < -0.3 is 9.30 Å². The van der Waals surface area contributed by atoms with Crippen LogP contribution in [0.3, 0.4) is 0 Å². The maximum atomic E-state index is 5.67. The number of fused-ring (bicyclic) bond motifs is 1. The Kier molecular flexibility index (Phi) is 3.56. The van der Waals surface area contributed by atoms with Crippen molar-refractivity contribution in [3.8, 4) is 5.75 Å². The molecule has 3 heteroatoms. The molecule has 0 fully saturated rings. The topological polar surface area (TPSA) is 14.2 Å². The summed E-state index contributed by atoms with van der Waals surface area (Å²) in [5, 5.41) is 3.34. The van der Waals surface area contributed by atoms with Gasteiger partial charge in [0, 0.05) is 23.0 Å². The molecule has 0 unspecified atom stereocenters. The molecule has 0 aliphatic heterocycles. The number of hydrogen-bond donors (Lipinski definition) is 0. The van der Waals surface area contributed by atoms with Crippen molar-refractivity contribution in [2.45, 2.75) is 19.9 Å². The van der Waals surface area contributed by atoms with Crippen molar-refractivity contribution in [3.63, 3.8) is 0 Å². The first-order valence-corrected chi connectivity index (χ1v) is 7.49. The van der Waals surface area contributed by atoms with Crippen molar-refractivity contribution in [1.82, 2.24) is 4.57 Å². The van der Waals surface area contributed by atoms with Crippen LogP contribution in [0.1, 0.15) is 11.8 Å². The first-order valence-electron chi connectivity index (χ1n) is 6.61. The molecule has 0 bridgehead atoms. The van der Waals surface area contributed by atoms with Crippen LogP contribution in [-0.2, 0) is 13.0 Å². The summed E-state index contributed by atoms with van der Waals surface area (Å²) in [6.45, 7) is 3.74. The summed E-state index contributed by atoms with van der Waals surface area (Å²) in [5.74, 6) is 0.981. The van der Waals surface area contributed by atoms with Crippen LogP contribution in [0, 0.1) is 0 Å². The number of hydrogen-bond acceptors (Lipinski definition) is 2. The van der Waals surface area contributed by atoms with Gasteiger partial charge in [-0.2, -0.15) is 0 Å². The van der Waals surface area contributed by atoms with E-state index in [1.165, 1.54) is 15.8 Å². The van der Waals surface area contributed by atoms with E-state index in [9.17, 15) is 0 Å². The Morgan fingerprint density at radius 3 is 2.89 bits per heavy atom. The maximum Gasteiger partial charge on any atom is 0.128 e. The van der Waals surface area contributed by atoms with Crippen LogP contribution in [0.25, 0.3) is 10.9 Å². The normalized spacial score (nSPS) is 11.0. The Hall–Kier alpha value is -1.74. The van der Waals surface area contributed by atoms with Crippen molar-refractivity contribution in [3.05, 3.63) is 52.9 Å². The van der Waals surface area contributed by atoms with Crippen LogP contribution >= 0.6 is 11.3 Å². The quantitative estimate of drug-likeness (QED) is 0.673. The van der Waals surface area contributed by atoms with E-state index in [4.69, 9.17) is 4.74 Å². The van der Waals surface area contributed by atoms with E-state index in [-0.39, 0.29) is 0 Å². The predicted octanol–water partition coefficient (Wildman–Crippen LogP) is 4.34. The summed E-state index contributed by atoms with van der Waals surface area (Å²) in [4.78, 5) is 1.43. The summed E-state index contributed by atoms with van der Waals surface area (Å²) >= 11 is 1.82. The highest BCUT2D eigenvalue weighted by Crippen LogP contribution is 2.27. The van der Waals surface area contributed by atoms with Crippen LogP contribution < -0.4 is 4.74 Å². The molecule has 2 heterocycles. The second-order valence-electron chi connectivity index (χ2n) is 4.46. The molecule has 19 heavy (non-hydrogen) atoms. The summed E-state index contributed by atoms with van der Waals surface area (Å²) in [6, 6.07) is 12.7. The molecule has 0 N–H and O–H groups in total. The standard InChI is InChI=1S/C16H17NOS/c1-2-18-16-7-3-6-15-14(16)9-11-17(15)10-8-13-5-4-12-19-13/h3-7,9,11-12H,2,8,10H2,1H3. The highest BCUT2D eigenvalue weighted by Gasteiger charge is 2.06. The lowest BCUT2D eigenvalue weighted by Gasteiger charge is -2.07. The van der Waals surface area contributed by atoms with Crippen molar-refractivity contribution in [2.24, 2.45) is 0 Å². The van der Waals surface area contributed by atoms with Gasteiger partial charge in [-0.05, 0) is 43.0 Å². The molecule has 0 aliphatic rings. The molecule has 0 amide bonds. The number of aromatic nitrogens is 1. The Morgan fingerprint density at radius 2 is 2.11 bits per heavy atom. The average Bonchev–Trinajstić information content (AvgIpc) is 3.06. The molecule has 98 valence electrons. The third kappa shape index (κ3) is 2.51. The Balaban J connectivity index is 1.86. The van der Waals surface area contributed by atoms with Crippen molar-refractivity contribution in [1.29, 1.82) is 0 Å². The lowest BCUT2D eigenvalue weighted by atomic mass is 10.2. The molecular weight excluding hydrogens is 254 g/mol. The lowest BCUT2D eigenvalue weighted by Crippen LogP contribution is -1.98. The molecule has 0 saturated heterocycles. The van der Waals surface area contributed by atoms with Crippen LogP contribution in [-0.4, -0.2) is 11.2 Å². The second-order valence-corrected chi connectivity index (χ2v) is 5.49. The van der Waals surface area contributed by atoms with E-state index >= 15 is 0 Å². The Bertz CT molecular complexity index is 655. The average molecular weight is 271 g/mol. The van der Waals surface area contributed by atoms with Gasteiger partial charge in [-0.3, -0.25) is 0 Å². The van der Waals surface area contributed by atoms with Gasteiger partial charge in [-0.1, -0.05) is 12.1 Å². The Morgan fingerprint density at radius 1 is 1.16 bits per heavy atom. The van der Waals surface area contributed by atoms with Gasteiger partial charge in [0.1, 0.15) is 5.75 Å². The zero-order chi connectivity index (χ0) is 13.1. The van der Waals surface area contributed by atoms with E-state index in [0.29, 0.717) is 6.61 Å². The molecule has 0 radical (unpaired) electrons. The van der Waals surface area contributed by atoms with Gasteiger partial charge >= 0.3 is 0 Å². The van der Waals surface area contributed by atoms with E-state index in [2.05, 4.69) is 46.5 Å². The number of nitrogens with zero attached hydrogens (tertiary/aromatic N) is 1. The predicted molar refractivity (Wildman–Crippen MR) is 81.1 cm³/mol. The molecule has 0 spiro atoms. The number of ether oxygens (including phenoxy) is 1. The second kappa shape index (κ2) is 5.49. The summed E-state index contributed by atoms with van der Waals surface area (Å²) < 4.78 is 7.97. The van der Waals surface area contributed by atoms with Gasteiger partial charge in [0.25, 0.3) is 0 Å². The largest absolute Gasteiger partial charge is 0.493 e. The molecule has 2 aromatic heterocycles. The number of aryl methyl sites for hydroxylation is 2. The van der Waals surface area contributed by atoms with Gasteiger partial charge in [-0.15, -0.1) is 11.3 Å². The van der Waals surface area contributed by atoms with Gasteiger partial charge in [0.05, 0.1) is 12.1 Å². The van der Waals surface area contributed by atoms with Gasteiger partial charge in [0.15, 0.2) is 0 Å². The maximum absolute atomic E-state index is 5.67. The molecule has 0 aliphatic carbocycles. The van der Waals surface area contributed by atoms with Crippen LogP contribution in [0.4, 0.5) is 0 Å². The minimum Gasteiger partial charge on any atom is -0.493 e. The minimum atomic E-state index is 0.708. The van der Waals surface area contributed by atoms with Gasteiger partial charge in [0.2, 0.25) is 0 Å². The molecule has 0 atom stereocenters. The zero-order valence-corrected chi connectivity index (χ0v) is 11.8. The lowest BCUT2D eigenvalue weighted by molar-refractivity contribution is 0.344. The van der Waals surface area contributed by atoms with E-state index in [1.54, 1.807) is 0 Å². The SMILES string of the molecule is CCOc1cccc2c1ccn2CCc1cccs1. The van der Waals surface area contributed by atoms with Crippen LogP contribution in [0.2, 0.25) is 0 Å². The van der Waals surface area contributed by atoms with Gasteiger partial charge in [-0.25, -0.2) is 0 Å². The monoisotopic (exact) mass is 271 g/mol. The van der Waals surface area contributed by atoms with Crippen LogP contribution in [0.15, 0.2) is 48.0 Å². The van der Waals surface area contributed by atoms with E-state index in [1.807, 2.05) is 24.3 Å². The first-order chi connectivity index (χ1) is 9.38. The fourth-order valence-electron chi connectivity index (χ4n) is 2.36. The summed E-state index contributed by atoms with van der Waals surface area (Å²) in [5.41, 5.74) is 1.25. The van der Waals surface area contributed by atoms with E-state index < -0.39 is 0 Å². The van der Waals surface area contributed by atoms with Crippen LogP contribution in [0.5, 0.6) is 5.75 Å². The highest BCUT2D eigenvalue weighted by molar-refractivity contribution is 7.09. The smallest absolute Gasteiger partial charge is 0.128 e. The molecule has 1 aromatic carbocycles. The highest BCUT2D eigenvalue weighted by atomic mass is 32.1. The summed E-state index contributed by atoms with van der Waals surface area (Å²) in [7, 11) is 0. The molecule has 0 saturated carbocycles. The number of rotatable bonds is 5. The third-order valence-corrected chi connectivity index (χ3v) is 4.19. The summed E-state index contributed by atoms with van der Waals surface area (Å²) in [6.07, 6.45) is 3.24. The molecular formula is C16H17NOS. The fraction of sp³-hybridized carbons (Fsp3) is 0.250. The number of benzene rings is 1.